The number of alkyl halides is 2. The van der Waals surface area contributed by atoms with Crippen LogP contribution in [0.4, 0.5) is 8.78 Å². The van der Waals surface area contributed by atoms with Crippen LogP contribution in [0, 0.1) is 0 Å². The Bertz CT molecular complexity index is 392. The van der Waals surface area contributed by atoms with E-state index < -0.39 is 13.0 Å². The third kappa shape index (κ3) is 7.34. The van der Waals surface area contributed by atoms with Crippen molar-refractivity contribution in [1.29, 1.82) is 0 Å². The predicted molar refractivity (Wildman–Crippen MR) is 77.9 cm³/mol. The van der Waals surface area contributed by atoms with Crippen LogP contribution in [0.5, 0.6) is 5.75 Å². The first-order chi connectivity index (χ1) is 10.2. The van der Waals surface area contributed by atoms with E-state index in [1.54, 1.807) is 12.4 Å². The van der Waals surface area contributed by atoms with Crippen LogP contribution in [0.2, 0.25) is 0 Å². The molecule has 1 rings (SSSR count). The summed E-state index contributed by atoms with van der Waals surface area (Å²) < 4.78 is 34.6. The van der Waals surface area contributed by atoms with Crippen molar-refractivity contribution in [2.45, 2.75) is 39.2 Å². The van der Waals surface area contributed by atoms with Gasteiger partial charge >= 0.3 is 0 Å². The van der Waals surface area contributed by atoms with Gasteiger partial charge in [0.05, 0.1) is 12.8 Å². The molecule has 1 atom stereocenters. The third-order valence-electron chi connectivity index (χ3n) is 2.85. The van der Waals surface area contributed by atoms with Gasteiger partial charge in [-0.25, -0.2) is 8.78 Å². The highest BCUT2D eigenvalue weighted by Gasteiger charge is 2.12. The van der Waals surface area contributed by atoms with E-state index in [-0.39, 0.29) is 12.6 Å². The number of hydrogen-bond acceptors (Lipinski definition) is 4. The molecule has 0 saturated heterocycles. The van der Waals surface area contributed by atoms with E-state index in [2.05, 4.69) is 10.3 Å². The van der Waals surface area contributed by atoms with Crippen molar-refractivity contribution < 1.29 is 18.3 Å². The Morgan fingerprint density at radius 2 is 2.05 bits per heavy atom. The lowest BCUT2D eigenvalue weighted by atomic mass is 10.1. The van der Waals surface area contributed by atoms with Crippen LogP contribution in [0.1, 0.15) is 38.3 Å². The molecule has 1 aromatic rings. The van der Waals surface area contributed by atoms with Crippen molar-refractivity contribution in [3.8, 4) is 5.75 Å². The summed E-state index contributed by atoms with van der Waals surface area (Å²) >= 11 is 0. The van der Waals surface area contributed by atoms with Gasteiger partial charge in [-0.15, -0.1) is 0 Å². The Hall–Kier alpha value is -1.27. The number of nitrogens with one attached hydrogen (secondary N) is 1. The molecule has 1 N–H and O–H groups in total. The minimum absolute atomic E-state index is 0.0188. The molecule has 1 unspecified atom stereocenters. The Labute approximate surface area is 124 Å². The highest BCUT2D eigenvalue weighted by atomic mass is 19.3. The Morgan fingerprint density at radius 1 is 1.24 bits per heavy atom. The Morgan fingerprint density at radius 3 is 2.71 bits per heavy atom. The van der Waals surface area contributed by atoms with Crippen molar-refractivity contribution in [3.63, 3.8) is 0 Å². The third-order valence-corrected chi connectivity index (χ3v) is 2.85. The number of pyridine rings is 1. The Kier molecular flexibility index (Phi) is 8.85. The second-order valence-electron chi connectivity index (χ2n) is 4.67. The largest absolute Gasteiger partial charge is 0.492 e. The summed E-state index contributed by atoms with van der Waals surface area (Å²) in [5.41, 5.74) is 0.978. The number of halogens is 2. The second-order valence-corrected chi connectivity index (χ2v) is 4.67. The van der Waals surface area contributed by atoms with E-state index in [1.165, 1.54) is 0 Å². The number of hydrogen-bond donors (Lipinski definition) is 1. The first-order valence-corrected chi connectivity index (χ1v) is 7.34. The zero-order valence-electron chi connectivity index (χ0n) is 12.6. The molecule has 120 valence electrons. The van der Waals surface area contributed by atoms with Gasteiger partial charge in [0, 0.05) is 18.8 Å². The van der Waals surface area contributed by atoms with E-state index in [1.807, 2.05) is 19.9 Å². The molecule has 1 heterocycles. The molecular formula is C15H24F2N2O2. The van der Waals surface area contributed by atoms with E-state index >= 15 is 0 Å². The average Bonchev–Trinajstić information content (AvgIpc) is 2.48. The summed E-state index contributed by atoms with van der Waals surface area (Å²) in [6, 6.07) is 1.95. The van der Waals surface area contributed by atoms with Crippen LogP contribution in [0.15, 0.2) is 18.5 Å². The number of ether oxygens (including phenoxy) is 2. The number of nitrogens with zero attached hydrogens (tertiary/aromatic N) is 1. The molecule has 0 fully saturated rings. The van der Waals surface area contributed by atoms with E-state index in [0.717, 1.165) is 24.3 Å². The van der Waals surface area contributed by atoms with E-state index in [9.17, 15) is 8.78 Å². The SMILES string of the molecule is CCCOc1cncc(C(CCOCC(F)F)NCC)c1. The fourth-order valence-electron chi connectivity index (χ4n) is 1.93. The van der Waals surface area contributed by atoms with Crippen LogP contribution in [0.25, 0.3) is 0 Å². The summed E-state index contributed by atoms with van der Waals surface area (Å²) in [6.07, 6.45) is 2.56. The fraction of sp³-hybridized carbons (Fsp3) is 0.667. The van der Waals surface area contributed by atoms with E-state index in [0.29, 0.717) is 13.0 Å². The van der Waals surface area contributed by atoms with Gasteiger partial charge in [0.15, 0.2) is 0 Å². The lowest BCUT2D eigenvalue weighted by Gasteiger charge is -2.18. The highest BCUT2D eigenvalue weighted by molar-refractivity contribution is 5.26. The molecular weight excluding hydrogens is 278 g/mol. The van der Waals surface area contributed by atoms with Crippen molar-refractivity contribution in [2.75, 3.05) is 26.4 Å². The maximum atomic E-state index is 12.0. The first-order valence-electron chi connectivity index (χ1n) is 7.34. The predicted octanol–water partition coefficient (Wildman–Crippen LogP) is 3.19. The topological polar surface area (TPSA) is 43.4 Å². The van der Waals surface area contributed by atoms with Crippen LogP contribution in [-0.4, -0.2) is 37.8 Å². The molecule has 0 spiro atoms. The lowest BCUT2D eigenvalue weighted by Crippen LogP contribution is -2.23. The summed E-state index contributed by atoms with van der Waals surface area (Å²) in [6.45, 7) is 5.23. The van der Waals surface area contributed by atoms with Gasteiger partial charge in [0.25, 0.3) is 6.43 Å². The lowest BCUT2D eigenvalue weighted by molar-refractivity contribution is 0.0144. The average molecular weight is 302 g/mol. The molecule has 0 bridgehead atoms. The molecule has 6 heteroatoms. The molecule has 4 nitrogen and oxygen atoms in total. The van der Waals surface area contributed by atoms with Crippen molar-refractivity contribution >= 4 is 0 Å². The fourth-order valence-corrected chi connectivity index (χ4v) is 1.93. The second kappa shape index (κ2) is 10.5. The quantitative estimate of drug-likeness (QED) is 0.638. The molecule has 0 aromatic carbocycles. The highest BCUT2D eigenvalue weighted by Crippen LogP contribution is 2.20. The van der Waals surface area contributed by atoms with Gasteiger partial charge in [0.2, 0.25) is 0 Å². The summed E-state index contributed by atoms with van der Waals surface area (Å²) in [5, 5.41) is 3.31. The summed E-state index contributed by atoms with van der Waals surface area (Å²) in [5.74, 6) is 0.728. The van der Waals surface area contributed by atoms with Crippen LogP contribution in [-0.2, 0) is 4.74 Å². The maximum Gasteiger partial charge on any atom is 0.261 e. The van der Waals surface area contributed by atoms with Gasteiger partial charge in [-0.2, -0.15) is 0 Å². The molecule has 0 radical (unpaired) electrons. The first kappa shape index (κ1) is 17.8. The van der Waals surface area contributed by atoms with E-state index in [4.69, 9.17) is 9.47 Å². The molecule has 0 amide bonds. The van der Waals surface area contributed by atoms with Gasteiger partial charge in [0.1, 0.15) is 12.4 Å². The minimum atomic E-state index is -2.42. The number of rotatable bonds is 11. The summed E-state index contributed by atoms with van der Waals surface area (Å²) in [4.78, 5) is 4.17. The zero-order chi connectivity index (χ0) is 15.5. The van der Waals surface area contributed by atoms with Crippen molar-refractivity contribution in [1.82, 2.24) is 10.3 Å². The Balaban J connectivity index is 2.57. The number of aromatic nitrogens is 1. The monoisotopic (exact) mass is 302 g/mol. The van der Waals surface area contributed by atoms with Gasteiger partial charge < -0.3 is 14.8 Å². The maximum absolute atomic E-state index is 12.0. The van der Waals surface area contributed by atoms with Crippen LogP contribution >= 0.6 is 0 Å². The normalized spacial score (nSPS) is 12.6. The zero-order valence-corrected chi connectivity index (χ0v) is 12.6. The van der Waals surface area contributed by atoms with Crippen LogP contribution in [0.3, 0.4) is 0 Å². The molecule has 0 aliphatic rings. The molecule has 1 aromatic heterocycles. The van der Waals surface area contributed by atoms with Gasteiger partial charge in [-0.1, -0.05) is 13.8 Å². The van der Waals surface area contributed by atoms with Gasteiger partial charge in [-0.05, 0) is 31.0 Å². The summed E-state index contributed by atoms with van der Waals surface area (Å²) in [7, 11) is 0. The standard InChI is InChI=1S/C15H24F2N2O2/c1-3-6-21-13-8-12(9-18-10-13)14(19-4-2)5-7-20-11-15(16)17/h8-10,14-15,19H,3-7,11H2,1-2H3. The minimum Gasteiger partial charge on any atom is -0.492 e. The van der Waals surface area contributed by atoms with Crippen LogP contribution < -0.4 is 10.1 Å². The smallest absolute Gasteiger partial charge is 0.261 e. The molecule has 0 aliphatic carbocycles. The molecule has 0 saturated carbocycles. The van der Waals surface area contributed by atoms with Crippen molar-refractivity contribution in [2.24, 2.45) is 0 Å². The van der Waals surface area contributed by atoms with Gasteiger partial charge in [-0.3, -0.25) is 4.98 Å². The molecule has 21 heavy (non-hydrogen) atoms. The molecule has 0 aliphatic heterocycles. The van der Waals surface area contributed by atoms with Crippen molar-refractivity contribution in [3.05, 3.63) is 24.0 Å².